The molecule has 0 spiro atoms. The Kier molecular flexibility index (Phi) is 2.86. The molecule has 1 aromatic rings. The lowest BCUT2D eigenvalue weighted by atomic mass is 10.2. The Balaban J connectivity index is 2.20. The normalized spacial score (nSPS) is 15.0. The first kappa shape index (κ1) is 10.4. The van der Waals surface area contributed by atoms with Crippen LogP contribution < -0.4 is 10.6 Å². The fourth-order valence-electron chi connectivity index (χ4n) is 1.68. The van der Waals surface area contributed by atoms with Crippen LogP contribution in [0.15, 0.2) is 18.5 Å². The van der Waals surface area contributed by atoms with Crippen molar-refractivity contribution in [2.75, 3.05) is 18.5 Å². The molecule has 0 amide bonds. The van der Waals surface area contributed by atoms with Crippen molar-refractivity contribution in [3.63, 3.8) is 0 Å². The highest BCUT2D eigenvalue weighted by Crippen LogP contribution is 2.31. The van der Waals surface area contributed by atoms with Crippen molar-refractivity contribution in [1.29, 1.82) is 0 Å². The number of aromatic nitrogens is 1. The Morgan fingerprint density at radius 1 is 1.67 bits per heavy atom. The van der Waals surface area contributed by atoms with E-state index in [1.54, 1.807) is 6.20 Å². The van der Waals surface area contributed by atoms with Crippen LogP contribution in [0.1, 0.15) is 18.4 Å². The molecule has 1 aliphatic carbocycles. The lowest BCUT2D eigenvalue weighted by Gasteiger charge is -2.21. The lowest BCUT2D eigenvalue weighted by Crippen LogP contribution is -2.24. The molecule has 0 unspecified atom stereocenters. The van der Waals surface area contributed by atoms with Gasteiger partial charge in [0.25, 0.3) is 0 Å². The third-order valence-corrected chi connectivity index (χ3v) is 2.93. The van der Waals surface area contributed by atoms with Crippen LogP contribution in [-0.4, -0.2) is 23.6 Å². The van der Waals surface area contributed by atoms with E-state index in [1.807, 2.05) is 12.3 Å². The van der Waals surface area contributed by atoms with E-state index in [0.717, 1.165) is 23.7 Å². The molecule has 0 saturated heterocycles. The number of rotatable bonds is 4. The van der Waals surface area contributed by atoms with E-state index in [9.17, 15) is 0 Å². The van der Waals surface area contributed by atoms with E-state index in [4.69, 9.17) is 18.0 Å². The lowest BCUT2D eigenvalue weighted by molar-refractivity contribution is 0.785. The monoisotopic (exact) mass is 221 g/mol. The molecule has 1 aromatic heterocycles. The van der Waals surface area contributed by atoms with Gasteiger partial charge in [0.1, 0.15) is 4.99 Å². The van der Waals surface area contributed by atoms with Crippen molar-refractivity contribution in [2.24, 2.45) is 11.7 Å². The summed E-state index contributed by atoms with van der Waals surface area (Å²) in [6.07, 6.45) is 6.24. The fraction of sp³-hybridized carbons (Fsp3) is 0.455. The number of anilines is 1. The topological polar surface area (TPSA) is 42.2 Å². The maximum atomic E-state index is 5.68. The van der Waals surface area contributed by atoms with Gasteiger partial charge in [-0.25, -0.2) is 0 Å². The molecular formula is C11H15N3S. The maximum absolute atomic E-state index is 5.68. The van der Waals surface area contributed by atoms with Gasteiger partial charge in [-0.15, -0.1) is 0 Å². The van der Waals surface area contributed by atoms with E-state index >= 15 is 0 Å². The molecule has 0 aromatic carbocycles. The minimum atomic E-state index is 0.440. The predicted octanol–water partition coefficient (Wildman–Crippen LogP) is 1.56. The average Bonchev–Trinajstić information content (AvgIpc) is 3.01. The van der Waals surface area contributed by atoms with Gasteiger partial charge in [0.2, 0.25) is 0 Å². The van der Waals surface area contributed by atoms with Crippen molar-refractivity contribution in [1.82, 2.24) is 4.98 Å². The second-order valence-corrected chi connectivity index (χ2v) is 4.52. The molecule has 2 N–H and O–H groups in total. The maximum Gasteiger partial charge on any atom is 0.106 e. The highest BCUT2D eigenvalue weighted by Gasteiger charge is 2.23. The summed E-state index contributed by atoms with van der Waals surface area (Å²) in [4.78, 5) is 6.75. The smallest absolute Gasteiger partial charge is 0.106 e. The molecule has 0 bridgehead atoms. The SMILES string of the molecule is CN(CC1CC1)c1cnccc1C(N)=S. The van der Waals surface area contributed by atoms with E-state index in [-0.39, 0.29) is 0 Å². The van der Waals surface area contributed by atoms with Crippen LogP contribution in [0.3, 0.4) is 0 Å². The van der Waals surface area contributed by atoms with Gasteiger partial charge >= 0.3 is 0 Å². The summed E-state index contributed by atoms with van der Waals surface area (Å²) in [7, 11) is 2.07. The van der Waals surface area contributed by atoms with Gasteiger partial charge in [-0.3, -0.25) is 4.98 Å². The summed E-state index contributed by atoms with van der Waals surface area (Å²) in [5.41, 5.74) is 7.63. The van der Waals surface area contributed by atoms with Crippen LogP contribution in [0.25, 0.3) is 0 Å². The van der Waals surface area contributed by atoms with Crippen molar-refractivity contribution >= 4 is 22.9 Å². The van der Waals surface area contributed by atoms with Gasteiger partial charge in [0.05, 0.1) is 11.9 Å². The summed E-state index contributed by atoms with van der Waals surface area (Å²) in [6.45, 7) is 1.07. The van der Waals surface area contributed by atoms with Crippen LogP contribution in [0.2, 0.25) is 0 Å². The predicted molar refractivity (Wildman–Crippen MR) is 66.1 cm³/mol. The van der Waals surface area contributed by atoms with Crippen molar-refractivity contribution < 1.29 is 0 Å². The summed E-state index contributed by atoms with van der Waals surface area (Å²) in [6, 6.07) is 1.88. The summed E-state index contributed by atoms with van der Waals surface area (Å²) < 4.78 is 0. The molecule has 15 heavy (non-hydrogen) atoms. The Bertz CT molecular complexity index is 374. The van der Waals surface area contributed by atoms with Gasteiger partial charge in [-0.1, -0.05) is 12.2 Å². The Hall–Kier alpha value is -1.16. The average molecular weight is 221 g/mol. The third-order valence-electron chi connectivity index (χ3n) is 2.71. The Morgan fingerprint density at radius 3 is 3.00 bits per heavy atom. The van der Waals surface area contributed by atoms with Crippen molar-refractivity contribution in [3.8, 4) is 0 Å². The molecule has 3 nitrogen and oxygen atoms in total. The zero-order valence-corrected chi connectivity index (χ0v) is 9.63. The molecule has 2 rings (SSSR count). The van der Waals surface area contributed by atoms with Crippen LogP contribution in [0, 0.1) is 5.92 Å². The molecule has 0 radical (unpaired) electrons. The number of nitrogens with zero attached hydrogens (tertiary/aromatic N) is 2. The van der Waals surface area contributed by atoms with E-state index in [0.29, 0.717) is 4.99 Å². The summed E-state index contributed by atoms with van der Waals surface area (Å²) >= 11 is 5.02. The molecule has 0 atom stereocenters. The van der Waals surface area contributed by atoms with Gasteiger partial charge < -0.3 is 10.6 Å². The van der Waals surface area contributed by atoms with Gasteiger partial charge in [-0.2, -0.15) is 0 Å². The van der Waals surface area contributed by atoms with Gasteiger partial charge in [-0.05, 0) is 24.8 Å². The van der Waals surface area contributed by atoms with E-state index < -0.39 is 0 Å². The summed E-state index contributed by atoms with van der Waals surface area (Å²) in [5, 5.41) is 0. The molecule has 0 aliphatic heterocycles. The number of hydrogen-bond acceptors (Lipinski definition) is 3. The number of hydrogen-bond donors (Lipinski definition) is 1. The van der Waals surface area contributed by atoms with Crippen LogP contribution in [-0.2, 0) is 0 Å². The van der Waals surface area contributed by atoms with E-state index in [2.05, 4.69) is 16.9 Å². The first-order valence-corrected chi connectivity index (χ1v) is 5.54. The summed E-state index contributed by atoms with van der Waals surface area (Å²) in [5.74, 6) is 0.842. The second kappa shape index (κ2) is 4.14. The number of thiocarbonyl (C=S) groups is 1. The van der Waals surface area contributed by atoms with Crippen LogP contribution in [0.5, 0.6) is 0 Å². The highest BCUT2D eigenvalue weighted by atomic mass is 32.1. The zero-order valence-electron chi connectivity index (χ0n) is 8.81. The van der Waals surface area contributed by atoms with Crippen LogP contribution in [0.4, 0.5) is 5.69 Å². The molecule has 4 heteroatoms. The first-order chi connectivity index (χ1) is 7.18. The zero-order chi connectivity index (χ0) is 10.8. The Morgan fingerprint density at radius 2 is 2.40 bits per heavy atom. The fourth-order valence-corrected chi connectivity index (χ4v) is 1.86. The first-order valence-electron chi connectivity index (χ1n) is 5.13. The van der Waals surface area contributed by atoms with Gasteiger partial charge in [0.15, 0.2) is 0 Å². The second-order valence-electron chi connectivity index (χ2n) is 4.08. The minimum absolute atomic E-state index is 0.440. The molecular weight excluding hydrogens is 206 g/mol. The van der Waals surface area contributed by atoms with Crippen molar-refractivity contribution in [3.05, 3.63) is 24.0 Å². The number of nitrogens with two attached hydrogens (primary N) is 1. The highest BCUT2D eigenvalue weighted by molar-refractivity contribution is 7.80. The van der Waals surface area contributed by atoms with Crippen molar-refractivity contribution in [2.45, 2.75) is 12.8 Å². The number of pyridine rings is 1. The molecule has 1 fully saturated rings. The standard InChI is InChI=1S/C11H15N3S/c1-14(7-8-2-3-8)10-6-13-5-4-9(10)11(12)15/h4-6,8H,2-3,7H2,1H3,(H2,12,15). The van der Waals surface area contributed by atoms with Gasteiger partial charge in [0, 0.05) is 25.4 Å². The minimum Gasteiger partial charge on any atom is -0.389 e. The largest absolute Gasteiger partial charge is 0.389 e. The van der Waals surface area contributed by atoms with Crippen LogP contribution >= 0.6 is 12.2 Å². The molecule has 1 aliphatic rings. The molecule has 1 saturated carbocycles. The quantitative estimate of drug-likeness (QED) is 0.784. The molecule has 80 valence electrons. The Labute approximate surface area is 95.3 Å². The van der Waals surface area contributed by atoms with E-state index in [1.165, 1.54) is 12.8 Å². The third kappa shape index (κ3) is 2.45. The molecule has 1 heterocycles.